The molecule has 0 aliphatic carbocycles. The Hall–Kier alpha value is -1.55. The van der Waals surface area contributed by atoms with Gasteiger partial charge in [0, 0.05) is 15.8 Å². The number of halogens is 2. The molecule has 0 fully saturated rings. The number of carbonyl (C=O) groups is 1. The second-order valence-electron chi connectivity index (χ2n) is 4.68. The zero-order chi connectivity index (χ0) is 15.0. The molecular formula is C16H11Cl2NOS. The Morgan fingerprint density at radius 3 is 2.48 bits per heavy atom. The van der Waals surface area contributed by atoms with Gasteiger partial charge < -0.3 is 5.32 Å². The molecule has 1 N–H and O–H groups in total. The number of hydrogen-bond donors (Lipinski definition) is 1. The van der Waals surface area contributed by atoms with E-state index in [1.165, 1.54) is 11.3 Å². The lowest BCUT2D eigenvalue weighted by Gasteiger charge is -2.04. The molecule has 5 heteroatoms. The van der Waals surface area contributed by atoms with Crippen LogP contribution < -0.4 is 5.32 Å². The first-order valence-electron chi connectivity index (χ1n) is 6.31. The van der Waals surface area contributed by atoms with Gasteiger partial charge in [-0.1, -0.05) is 47.0 Å². The minimum atomic E-state index is -0.221. The molecule has 21 heavy (non-hydrogen) atoms. The fourth-order valence-corrected chi connectivity index (χ4v) is 3.89. The van der Waals surface area contributed by atoms with E-state index < -0.39 is 0 Å². The minimum Gasteiger partial charge on any atom is -0.321 e. The SMILES string of the molecule is Cc1ccc(NC(=O)c2sc3cccc(Cl)c3c2Cl)cc1. The normalized spacial score (nSPS) is 10.8. The Kier molecular flexibility index (Phi) is 3.89. The van der Waals surface area contributed by atoms with Gasteiger partial charge in [0.1, 0.15) is 4.88 Å². The molecule has 0 saturated heterocycles. The molecule has 0 aliphatic rings. The van der Waals surface area contributed by atoms with Gasteiger partial charge in [0.05, 0.1) is 10.0 Å². The monoisotopic (exact) mass is 335 g/mol. The summed E-state index contributed by atoms with van der Waals surface area (Å²) >= 11 is 13.8. The van der Waals surface area contributed by atoms with Crippen LogP contribution in [0.4, 0.5) is 5.69 Å². The van der Waals surface area contributed by atoms with Crippen LogP contribution in [0, 0.1) is 6.92 Å². The summed E-state index contributed by atoms with van der Waals surface area (Å²) in [5, 5.41) is 4.55. The van der Waals surface area contributed by atoms with Crippen molar-refractivity contribution in [3.63, 3.8) is 0 Å². The van der Waals surface area contributed by atoms with Gasteiger partial charge in [0.25, 0.3) is 5.91 Å². The summed E-state index contributed by atoms with van der Waals surface area (Å²) < 4.78 is 0.904. The van der Waals surface area contributed by atoms with Crippen molar-refractivity contribution in [2.45, 2.75) is 6.92 Å². The lowest BCUT2D eigenvalue weighted by Crippen LogP contribution is -2.10. The van der Waals surface area contributed by atoms with E-state index >= 15 is 0 Å². The maximum atomic E-state index is 12.4. The van der Waals surface area contributed by atoms with Crippen LogP contribution in [-0.4, -0.2) is 5.91 Å². The van der Waals surface area contributed by atoms with Gasteiger partial charge in [-0.2, -0.15) is 0 Å². The molecule has 3 aromatic rings. The molecule has 3 rings (SSSR count). The minimum absolute atomic E-state index is 0.221. The smallest absolute Gasteiger partial charge is 0.267 e. The first kappa shape index (κ1) is 14.4. The van der Waals surface area contributed by atoms with Crippen LogP contribution >= 0.6 is 34.5 Å². The second kappa shape index (κ2) is 5.68. The molecule has 0 atom stereocenters. The molecule has 2 nitrogen and oxygen atoms in total. The van der Waals surface area contributed by atoms with Crippen LogP contribution in [0.15, 0.2) is 42.5 Å². The van der Waals surface area contributed by atoms with E-state index in [0.29, 0.717) is 14.9 Å². The summed E-state index contributed by atoms with van der Waals surface area (Å²) in [7, 11) is 0. The van der Waals surface area contributed by atoms with Gasteiger partial charge in [-0.3, -0.25) is 4.79 Å². The van der Waals surface area contributed by atoms with Gasteiger partial charge >= 0.3 is 0 Å². The van der Waals surface area contributed by atoms with Crippen molar-refractivity contribution < 1.29 is 4.79 Å². The average Bonchev–Trinajstić information content (AvgIpc) is 2.80. The first-order chi connectivity index (χ1) is 10.1. The van der Waals surface area contributed by atoms with Crippen LogP contribution in [0.3, 0.4) is 0 Å². The third-order valence-electron chi connectivity index (χ3n) is 3.12. The van der Waals surface area contributed by atoms with Crippen molar-refractivity contribution in [3.8, 4) is 0 Å². The summed E-state index contributed by atoms with van der Waals surface area (Å²) in [6, 6.07) is 13.1. The molecule has 0 aliphatic heterocycles. The summed E-state index contributed by atoms with van der Waals surface area (Å²) in [5.74, 6) is -0.221. The fraction of sp³-hybridized carbons (Fsp3) is 0.0625. The highest BCUT2D eigenvalue weighted by Gasteiger charge is 2.18. The standard InChI is InChI=1S/C16H11Cl2NOS/c1-9-5-7-10(8-6-9)19-16(20)15-14(18)13-11(17)3-2-4-12(13)21-15/h2-8H,1H3,(H,19,20). The van der Waals surface area contributed by atoms with Crippen molar-refractivity contribution in [1.29, 1.82) is 0 Å². The van der Waals surface area contributed by atoms with E-state index in [4.69, 9.17) is 23.2 Å². The van der Waals surface area contributed by atoms with Crippen LogP contribution in [0.1, 0.15) is 15.2 Å². The van der Waals surface area contributed by atoms with Gasteiger partial charge in [0.2, 0.25) is 0 Å². The Balaban J connectivity index is 1.96. The number of amides is 1. The van der Waals surface area contributed by atoms with E-state index in [1.807, 2.05) is 43.3 Å². The average molecular weight is 336 g/mol. The Bertz CT molecular complexity index is 824. The number of anilines is 1. The Morgan fingerprint density at radius 1 is 1.10 bits per heavy atom. The fourth-order valence-electron chi connectivity index (χ4n) is 2.04. The number of aryl methyl sites for hydroxylation is 1. The summed E-state index contributed by atoms with van der Waals surface area (Å²) in [6.45, 7) is 2.00. The molecule has 0 spiro atoms. The summed E-state index contributed by atoms with van der Waals surface area (Å²) in [4.78, 5) is 12.8. The Labute approximate surface area is 136 Å². The zero-order valence-corrected chi connectivity index (χ0v) is 13.4. The quantitative estimate of drug-likeness (QED) is 0.632. The highest BCUT2D eigenvalue weighted by molar-refractivity contribution is 7.21. The third kappa shape index (κ3) is 2.77. The van der Waals surface area contributed by atoms with Gasteiger partial charge in [-0.25, -0.2) is 0 Å². The molecule has 0 unspecified atom stereocenters. The van der Waals surface area contributed by atoms with Crippen LogP contribution in [0.25, 0.3) is 10.1 Å². The van der Waals surface area contributed by atoms with Crippen LogP contribution in [-0.2, 0) is 0 Å². The molecule has 1 heterocycles. The van der Waals surface area contributed by atoms with Crippen molar-refractivity contribution in [1.82, 2.24) is 0 Å². The molecule has 0 radical (unpaired) electrons. The zero-order valence-electron chi connectivity index (χ0n) is 11.1. The summed E-state index contributed by atoms with van der Waals surface area (Å²) in [6.07, 6.45) is 0. The van der Waals surface area contributed by atoms with E-state index in [-0.39, 0.29) is 5.91 Å². The number of benzene rings is 2. The molecule has 0 saturated carbocycles. The first-order valence-corrected chi connectivity index (χ1v) is 7.88. The summed E-state index contributed by atoms with van der Waals surface area (Å²) in [5.41, 5.74) is 1.88. The number of nitrogens with one attached hydrogen (secondary N) is 1. The molecule has 1 aromatic heterocycles. The maximum absolute atomic E-state index is 12.4. The van der Waals surface area contributed by atoms with E-state index in [1.54, 1.807) is 6.07 Å². The Morgan fingerprint density at radius 2 is 1.81 bits per heavy atom. The second-order valence-corrected chi connectivity index (χ2v) is 6.52. The van der Waals surface area contributed by atoms with Crippen molar-refractivity contribution in [3.05, 3.63) is 63.0 Å². The lowest BCUT2D eigenvalue weighted by atomic mass is 10.2. The number of thiophene rings is 1. The third-order valence-corrected chi connectivity index (χ3v) is 5.08. The van der Waals surface area contributed by atoms with Crippen LogP contribution in [0.5, 0.6) is 0 Å². The van der Waals surface area contributed by atoms with E-state index in [0.717, 1.165) is 21.3 Å². The van der Waals surface area contributed by atoms with Crippen molar-refractivity contribution in [2.24, 2.45) is 0 Å². The van der Waals surface area contributed by atoms with Crippen molar-refractivity contribution >= 4 is 56.2 Å². The van der Waals surface area contributed by atoms with E-state index in [9.17, 15) is 4.79 Å². The maximum Gasteiger partial charge on any atom is 0.267 e. The lowest BCUT2D eigenvalue weighted by molar-refractivity contribution is 0.103. The van der Waals surface area contributed by atoms with Crippen LogP contribution in [0.2, 0.25) is 10.0 Å². The van der Waals surface area contributed by atoms with E-state index in [2.05, 4.69) is 5.32 Å². The molecule has 1 amide bonds. The van der Waals surface area contributed by atoms with Gasteiger partial charge in [-0.05, 0) is 31.2 Å². The molecule has 2 aromatic carbocycles. The molecular weight excluding hydrogens is 325 g/mol. The van der Waals surface area contributed by atoms with Gasteiger partial charge in [0.15, 0.2) is 0 Å². The highest BCUT2D eigenvalue weighted by Crippen LogP contribution is 2.39. The molecule has 0 bridgehead atoms. The highest BCUT2D eigenvalue weighted by atomic mass is 35.5. The molecule has 106 valence electrons. The predicted octanol–water partition coefficient (Wildman–Crippen LogP) is 5.77. The predicted molar refractivity (Wildman–Crippen MR) is 91.0 cm³/mol. The van der Waals surface area contributed by atoms with Crippen molar-refractivity contribution in [2.75, 3.05) is 5.32 Å². The number of rotatable bonds is 2. The topological polar surface area (TPSA) is 29.1 Å². The largest absolute Gasteiger partial charge is 0.321 e. The number of fused-ring (bicyclic) bond motifs is 1. The number of hydrogen-bond acceptors (Lipinski definition) is 2. The van der Waals surface area contributed by atoms with Gasteiger partial charge in [-0.15, -0.1) is 11.3 Å². The number of carbonyl (C=O) groups excluding carboxylic acids is 1.